The number of hydrogen-bond acceptors (Lipinski definition) is 6. The Balaban J connectivity index is 1.60. The molecule has 1 fully saturated rings. The van der Waals surface area contributed by atoms with Crippen LogP contribution >= 0.6 is 0 Å². The predicted molar refractivity (Wildman–Crippen MR) is 111 cm³/mol. The highest BCUT2D eigenvalue weighted by atomic mass is 19.3. The SMILES string of the molecule is C=CC(=O)N1CC[C@H](F)[C@H](Oc2nc(Nc3cnn(CC(F)F)c3)nc3[nH]cc(C)c23)C1. The summed E-state index contributed by atoms with van der Waals surface area (Å²) in [5, 5.41) is 7.35. The zero-order chi connectivity index (χ0) is 22.8. The molecule has 1 saturated heterocycles. The van der Waals surface area contributed by atoms with Crippen molar-refractivity contribution < 1.29 is 22.7 Å². The molecule has 0 radical (unpaired) electrons. The number of fused-ring (bicyclic) bond motifs is 1. The van der Waals surface area contributed by atoms with Crippen LogP contribution in [-0.4, -0.2) is 67.3 Å². The second-order valence-corrected chi connectivity index (χ2v) is 7.46. The van der Waals surface area contributed by atoms with Crippen LogP contribution in [0.5, 0.6) is 5.88 Å². The number of aryl methyl sites for hydroxylation is 1. The van der Waals surface area contributed by atoms with E-state index in [4.69, 9.17) is 4.74 Å². The summed E-state index contributed by atoms with van der Waals surface area (Å²) in [6, 6.07) is 0. The van der Waals surface area contributed by atoms with Gasteiger partial charge in [0.1, 0.15) is 24.5 Å². The number of likely N-dealkylation sites (tertiary alicyclic amines) is 1. The Morgan fingerprint density at radius 3 is 3.03 bits per heavy atom. The second kappa shape index (κ2) is 8.89. The number of carbonyl (C=O) groups is 1. The van der Waals surface area contributed by atoms with Gasteiger partial charge >= 0.3 is 0 Å². The van der Waals surface area contributed by atoms with Crippen LogP contribution < -0.4 is 10.1 Å². The number of halogens is 3. The zero-order valence-electron chi connectivity index (χ0n) is 17.3. The molecule has 0 spiro atoms. The van der Waals surface area contributed by atoms with Gasteiger partial charge in [0.25, 0.3) is 6.43 Å². The Morgan fingerprint density at radius 2 is 2.28 bits per heavy atom. The maximum absolute atomic E-state index is 14.6. The molecule has 170 valence electrons. The summed E-state index contributed by atoms with van der Waals surface area (Å²) in [7, 11) is 0. The maximum atomic E-state index is 14.6. The number of rotatable bonds is 7. The van der Waals surface area contributed by atoms with Crippen molar-refractivity contribution in [2.45, 2.75) is 38.6 Å². The van der Waals surface area contributed by atoms with Crippen LogP contribution in [0.2, 0.25) is 0 Å². The van der Waals surface area contributed by atoms with Crippen LogP contribution in [0.15, 0.2) is 31.2 Å². The lowest BCUT2D eigenvalue weighted by molar-refractivity contribution is -0.130. The molecule has 4 rings (SSSR count). The highest BCUT2D eigenvalue weighted by Gasteiger charge is 2.33. The quantitative estimate of drug-likeness (QED) is 0.538. The van der Waals surface area contributed by atoms with Gasteiger partial charge in [-0.05, 0) is 25.0 Å². The van der Waals surface area contributed by atoms with Gasteiger partial charge in [-0.1, -0.05) is 6.58 Å². The van der Waals surface area contributed by atoms with E-state index in [1.165, 1.54) is 23.4 Å². The number of H-pyrrole nitrogens is 1. The number of anilines is 2. The third kappa shape index (κ3) is 4.53. The van der Waals surface area contributed by atoms with Crippen LogP contribution in [0, 0.1) is 6.92 Å². The Hall–Kier alpha value is -3.57. The van der Waals surface area contributed by atoms with E-state index in [1.807, 2.05) is 6.92 Å². The Morgan fingerprint density at radius 1 is 1.47 bits per heavy atom. The molecular formula is C20H22F3N7O2. The number of amides is 1. The summed E-state index contributed by atoms with van der Waals surface area (Å²) in [6.45, 7) is 5.11. The van der Waals surface area contributed by atoms with Gasteiger partial charge in [0, 0.05) is 18.9 Å². The van der Waals surface area contributed by atoms with Crippen molar-refractivity contribution in [3.05, 3.63) is 36.8 Å². The highest BCUT2D eigenvalue weighted by molar-refractivity contribution is 5.87. The van der Waals surface area contributed by atoms with E-state index in [1.54, 1.807) is 6.20 Å². The highest BCUT2D eigenvalue weighted by Crippen LogP contribution is 2.30. The van der Waals surface area contributed by atoms with Gasteiger partial charge in [0.05, 0.1) is 23.8 Å². The Kier molecular flexibility index (Phi) is 6.01. The molecule has 3 aromatic heterocycles. The van der Waals surface area contributed by atoms with Crippen molar-refractivity contribution in [1.82, 2.24) is 29.6 Å². The maximum Gasteiger partial charge on any atom is 0.257 e. The first-order valence-electron chi connectivity index (χ1n) is 9.99. The normalized spacial score (nSPS) is 18.8. The van der Waals surface area contributed by atoms with Gasteiger partial charge in [0.15, 0.2) is 0 Å². The van der Waals surface area contributed by atoms with Crippen molar-refractivity contribution >= 4 is 28.6 Å². The largest absolute Gasteiger partial charge is 0.469 e. The van der Waals surface area contributed by atoms with E-state index in [-0.39, 0.29) is 37.2 Å². The van der Waals surface area contributed by atoms with E-state index in [0.29, 0.717) is 16.7 Å². The van der Waals surface area contributed by atoms with Gasteiger partial charge in [-0.3, -0.25) is 9.48 Å². The monoisotopic (exact) mass is 449 g/mol. The number of ether oxygens (including phenoxy) is 1. The van der Waals surface area contributed by atoms with Gasteiger partial charge < -0.3 is 19.9 Å². The molecule has 3 aromatic rings. The Bertz CT molecular complexity index is 1130. The minimum absolute atomic E-state index is 0.0597. The number of aromatic amines is 1. The van der Waals surface area contributed by atoms with Gasteiger partial charge in [0.2, 0.25) is 17.7 Å². The summed E-state index contributed by atoms with van der Waals surface area (Å²) >= 11 is 0. The van der Waals surface area contributed by atoms with Crippen molar-refractivity contribution in [2.24, 2.45) is 0 Å². The lowest BCUT2D eigenvalue weighted by atomic mass is 10.1. The molecule has 1 aliphatic rings. The molecule has 1 aliphatic heterocycles. The topological polar surface area (TPSA) is 101 Å². The summed E-state index contributed by atoms with van der Waals surface area (Å²) < 4.78 is 46.8. The third-order valence-electron chi connectivity index (χ3n) is 5.14. The molecule has 1 amide bonds. The van der Waals surface area contributed by atoms with Gasteiger partial charge in [-0.25, -0.2) is 13.2 Å². The smallest absolute Gasteiger partial charge is 0.257 e. The molecule has 4 heterocycles. The fourth-order valence-electron chi connectivity index (χ4n) is 3.56. The third-order valence-corrected chi connectivity index (χ3v) is 5.14. The van der Waals surface area contributed by atoms with Crippen LogP contribution in [0.1, 0.15) is 12.0 Å². The molecule has 0 saturated carbocycles. The molecule has 0 aliphatic carbocycles. The predicted octanol–water partition coefficient (Wildman–Crippen LogP) is 2.98. The number of piperidine rings is 1. The van der Waals surface area contributed by atoms with E-state index in [2.05, 4.69) is 31.9 Å². The summed E-state index contributed by atoms with van der Waals surface area (Å²) in [5.74, 6) is -0.0210. The van der Waals surface area contributed by atoms with E-state index in [0.717, 1.165) is 10.2 Å². The minimum atomic E-state index is -2.53. The van der Waals surface area contributed by atoms with Crippen LogP contribution in [0.4, 0.5) is 24.8 Å². The molecule has 0 unspecified atom stereocenters. The molecule has 9 nitrogen and oxygen atoms in total. The molecule has 2 N–H and O–H groups in total. The lowest BCUT2D eigenvalue weighted by Crippen LogP contribution is -2.49. The first-order chi connectivity index (χ1) is 15.3. The zero-order valence-corrected chi connectivity index (χ0v) is 17.3. The number of hydrogen-bond donors (Lipinski definition) is 2. The molecule has 0 bridgehead atoms. The lowest BCUT2D eigenvalue weighted by Gasteiger charge is -2.34. The Labute approximate surface area is 181 Å². The van der Waals surface area contributed by atoms with Gasteiger partial charge in [-0.2, -0.15) is 15.1 Å². The number of nitrogens with one attached hydrogen (secondary N) is 2. The molecule has 2 atom stereocenters. The second-order valence-electron chi connectivity index (χ2n) is 7.46. The van der Waals surface area contributed by atoms with Crippen molar-refractivity contribution in [2.75, 3.05) is 18.4 Å². The average molecular weight is 449 g/mol. The fourth-order valence-corrected chi connectivity index (χ4v) is 3.56. The average Bonchev–Trinajstić information content (AvgIpc) is 3.34. The van der Waals surface area contributed by atoms with Crippen LogP contribution in [-0.2, 0) is 11.3 Å². The number of aromatic nitrogens is 5. The summed E-state index contributed by atoms with van der Waals surface area (Å²) in [5.41, 5.74) is 1.67. The van der Waals surface area contributed by atoms with Gasteiger partial charge in [-0.15, -0.1) is 0 Å². The fraction of sp³-hybridized carbons (Fsp3) is 0.400. The van der Waals surface area contributed by atoms with Crippen molar-refractivity contribution in [1.29, 1.82) is 0 Å². The van der Waals surface area contributed by atoms with E-state index in [9.17, 15) is 18.0 Å². The van der Waals surface area contributed by atoms with E-state index >= 15 is 0 Å². The minimum Gasteiger partial charge on any atom is -0.469 e. The van der Waals surface area contributed by atoms with Crippen molar-refractivity contribution in [3.63, 3.8) is 0 Å². The number of carbonyl (C=O) groups excluding carboxylic acids is 1. The first kappa shape index (κ1) is 21.7. The van der Waals surface area contributed by atoms with Crippen LogP contribution in [0.3, 0.4) is 0 Å². The first-order valence-corrected chi connectivity index (χ1v) is 9.99. The molecule has 12 heteroatoms. The number of alkyl halides is 3. The summed E-state index contributed by atoms with van der Waals surface area (Å²) in [6.07, 6.45) is 1.08. The number of nitrogens with zero attached hydrogens (tertiary/aromatic N) is 5. The molecular weight excluding hydrogens is 427 g/mol. The molecule has 0 aromatic carbocycles. The van der Waals surface area contributed by atoms with Crippen LogP contribution in [0.25, 0.3) is 11.0 Å². The standard InChI is InChI=1S/C20H22F3N7O2/c1-3-16(31)29-5-4-13(21)14(9-29)32-19-17-11(2)6-24-18(17)27-20(28-19)26-12-7-25-30(8-12)10-15(22)23/h3,6-8,13-15H,1,4-5,9-10H2,2H3,(H2,24,26,27,28)/t13-,14+/m0/s1. The summed E-state index contributed by atoms with van der Waals surface area (Å²) in [4.78, 5) is 25.2. The molecule has 32 heavy (non-hydrogen) atoms. The van der Waals surface area contributed by atoms with E-state index < -0.39 is 25.2 Å². The van der Waals surface area contributed by atoms with Crippen molar-refractivity contribution in [3.8, 4) is 5.88 Å².